The van der Waals surface area contributed by atoms with E-state index >= 15 is 0 Å². The number of hydrogen-bond acceptors (Lipinski definition) is 0. The summed E-state index contributed by atoms with van der Waals surface area (Å²) in [6.45, 7) is 4.51. The third-order valence-electron chi connectivity index (χ3n) is 5.49. The maximum Gasteiger partial charge on any atom is 0.100 e. The van der Waals surface area contributed by atoms with E-state index < -0.39 is 6.17 Å². The molecule has 1 atom stereocenters. The zero-order valence-electron chi connectivity index (χ0n) is 18.8. The van der Waals surface area contributed by atoms with E-state index in [1.807, 2.05) is 0 Å². The Morgan fingerprint density at radius 3 is 0.923 bits per heavy atom. The molecular weight excluding hydrogens is 330 g/mol. The van der Waals surface area contributed by atoms with Crippen molar-refractivity contribution < 1.29 is 4.39 Å². The quantitative estimate of drug-likeness (QED) is 0.138. The van der Waals surface area contributed by atoms with Crippen molar-refractivity contribution >= 4 is 29.6 Å². The molecule has 0 aromatic heterocycles. The summed E-state index contributed by atoms with van der Waals surface area (Å²) in [5.41, 5.74) is 0. The summed E-state index contributed by atoms with van der Waals surface area (Å²) in [6, 6.07) is 0. The van der Waals surface area contributed by atoms with Gasteiger partial charge in [0.1, 0.15) is 6.17 Å². The van der Waals surface area contributed by atoms with E-state index in [-0.39, 0.29) is 29.6 Å². The molecule has 0 rings (SSSR count). The van der Waals surface area contributed by atoms with Crippen molar-refractivity contribution in [2.75, 3.05) is 0 Å². The van der Waals surface area contributed by atoms with Crippen LogP contribution in [0.15, 0.2) is 0 Å². The largest absolute Gasteiger partial charge is 0.247 e. The van der Waals surface area contributed by atoms with E-state index in [4.69, 9.17) is 0 Å². The summed E-state index contributed by atoms with van der Waals surface area (Å²) in [6.07, 6.45) is 26.6. The second-order valence-electron chi connectivity index (χ2n) is 8.19. The molecule has 26 heavy (non-hydrogen) atoms. The van der Waals surface area contributed by atoms with Gasteiger partial charge in [-0.15, -0.1) is 0 Å². The minimum absolute atomic E-state index is 0. The van der Waals surface area contributed by atoms with Crippen LogP contribution < -0.4 is 0 Å². The second kappa shape index (κ2) is 25.9. The molecular formula is C24H49FNa. The van der Waals surface area contributed by atoms with Gasteiger partial charge in [-0.05, 0) is 12.8 Å². The molecule has 0 aromatic carbocycles. The molecule has 153 valence electrons. The van der Waals surface area contributed by atoms with Gasteiger partial charge in [-0.2, -0.15) is 0 Å². The summed E-state index contributed by atoms with van der Waals surface area (Å²) in [5.74, 6) is 0. The topological polar surface area (TPSA) is 0 Å². The molecule has 0 amide bonds. The van der Waals surface area contributed by atoms with Crippen molar-refractivity contribution in [1.82, 2.24) is 0 Å². The minimum atomic E-state index is -0.529. The fraction of sp³-hybridized carbons (Fsp3) is 1.00. The molecule has 0 aliphatic carbocycles. The van der Waals surface area contributed by atoms with Crippen LogP contribution in [-0.4, -0.2) is 35.7 Å². The molecule has 0 bridgehead atoms. The van der Waals surface area contributed by atoms with Crippen molar-refractivity contribution in [1.29, 1.82) is 0 Å². The third-order valence-corrected chi connectivity index (χ3v) is 5.49. The normalized spacial score (nSPS) is 12.1. The van der Waals surface area contributed by atoms with Crippen LogP contribution in [0.2, 0.25) is 0 Å². The van der Waals surface area contributed by atoms with Crippen molar-refractivity contribution in [3.63, 3.8) is 0 Å². The molecule has 0 saturated carbocycles. The number of hydrogen-bond donors (Lipinski definition) is 0. The average molecular weight is 380 g/mol. The summed E-state index contributed by atoms with van der Waals surface area (Å²) >= 11 is 0. The molecule has 0 aromatic rings. The predicted octanol–water partition coefficient (Wildman–Crippen LogP) is 9.18. The zero-order chi connectivity index (χ0) is 18.4. The molecule has 0 aliphatic heterocycles. The molecule has 0 fully saturated rings. The maximum absolute atomic E-state index is 13.8. The van der Waals surface area contributed by atoms with Crippen molar-refractivity contribution in [3.8, 4) is 0 Å². The van der Waals surface area contributed by atoms with Gasteiger partial charge >= 0.3 is 0 Å². The van der Waals surface area contributed by atoms with Gasteiger partial charge in [-0.3, -0.25) is 0 Å². The monoisotopic (exact) mass is 379 g/mol. The predicted molar refractivity (Wildman–Crippen MR) is 119 cm³/mol. The van der Waals surface area contributed by atoms with Gasteiger partial charge < -0.3 is 0 Å². The number of halogens is 1. The number of unbranched alkanes of at least 4 members (excludes halogenated alkanes) is 17. The Bertz CT molecular complexity index is 232. The summed E-state index contributed by atoms with van der Waals surface area (Å²) in [4.78, 5) is 0. The Morgan fingerprint density at radius 1 is 0.423 bits per heavy atom. The molecule has 0 heterocycles. The Morgan fingerprint density at radius 2 is 0.654 bits per heavy atom. The summed E-state index contributed by atoms with van der Waals surface area (Å²) in [5, 5.41) is 0. The molecule has 1 unspecified atom stereocenters. The smallest absolute Gasteiger partial charge is 0.100 e. The van der Waals surface area contributed by atoms with Crippen molar-refractivity contribution in [2.45, 2.75) is 155 Å². The number of alkyl halides is 1. The maximum atomic E-state index is 13.8. The van der Waals surface area contributed by atoms with Crippen LogP contribution in [0.4, 0.5) is 4.39 Å². The molecule has 0 N–H and O–H groups in total. The summed E-state index contributed by atoms with van der Waals surface area (Å²) < 4.78 is 13.8. The van der Waals surface area contributed by atoms with E-state index in [1.165, 1.54) is 109 Å². The minimum Gasteiger partial charge on any atom is -0.247 e. The zero-order valence-corrected chi connectivity index (χ0v) is 20.8. The fourth-order valence-corrected chi connectivity index (χ4v) is 3.67. The number of rotatable bonds is 21. The van der Waals surface area contributed by atoms with Crippen LogP contribution in [0, 0.1) is 0 Å². The van der Waals surface area contributed by atoms with Gasteiger partial charge in [0.2, 0.25) is 0 Å². The van der Waals surface area contributed by atoms with Crippen molar-refractivity contribution in [2.24, 2.45) is 0 Å². The summed E-state index contributed by atoms with van der Waals surface area (Å²) in [7, 11) is 0. The first-order chi connectivity index (χ1) is 12.3. The standard InChI is InChI=1S/C24H49F.Na/c1-3-5-7-9-10-11-12-13-14-15-16-17-19-21-23-24(25)22-20-18-8-6-4-2;/h24H,3-23H2,1-2H3;. The van der Waals surface area contributed by atoms with Gasteiger partial charge in [-0.25, -0.2) is 4.39 Å². The molecule has 0 nitrogen and oxygen atoms in total. The molecule has 0 aliphatic rings. The van der Waals surface area contributed by atoms with Crippen LogP contribution in [0.5, 0.6) is 0 Å². The Balaban J connectivity index is 0. The van der Waals surface area contributed by atoms with E-state index in [0.29, 0.717) is 0 Å². The van der Waals surface area contributed by atoms with E-state index in [9.17, 15) is 4.39 Å². The Kier molecular flexibility index (Phi) is 29.1. The second-order valence-corrected chi connectivity index (χ2v) is 8.19. The van der Waals surface area contributed by atoms with E-state index in [2.05, 4.69) is 13.8 Å². The molecule has 2 heteroatoms. The molecule has 1 radical (unpaired) electrons. The molecule has 0 saturated heterocycles. The van der Waals surface area contributed by atoms with Crippen LogP contribution >= 0.6 is 0 Å². The van der Waals surface area contributed by atoms with Crippen LogP contribution in [0.25, 0.3) is 0 Å². The first-order valence-corrected chi connectivity index (χ1v) is 11.9. The van der Waals surface area contributed by atoms with Crippen molar-refractivity contribution in [3.05, 3.63) is 0 Å². The van der Waals surface area contributed by atoms with E-state index in [0.717, 1.165) is 25.7 Å². The van der Waals surface area contributed by atoms with E-state index in [1.54, 1.807) is 0 Å². The Labute approximate surface area is 188 Å². The van der Waals surface area contributed by atoms with Gasteiger partial charge in [-0.1, -0.05) is 136 Å². The first kappa shape index (κ1) is 29.1. The fourth-order valence-electron chi connectivity index (χ4n) is 3.67. The van der Waals surface area contributed by atoms with Crippen LogP contribution in [0.1, 0.15) is 149 Å². The molecule has 0 spiro atoms. The van der Waals surface area contributed by atoms with Gasteiger partial charge in [0.05, 0.1) is 0 Å². The SMILES string of the molecule is CCCCCCCCCCCCCCCCC(F)CCCCCCC.[Na]. The van der Waals surface area contributed by atoms with Gasteiger partial charge in [0, 0.05) is 29.6 Å². The third kappa shape index (κ3) is 24.9. The van der Waals surface area contributed by atoms with Crippen LogP contribution in [-0.2, 0) is 0 Å². The first-order valence-electron chi connectivity index (χ1n) is 11.9. The van der Waals surface area contributed by atoms with Gasteiger partial charge in [0.15, 0.2) is 0 Å². The van der Waals surface area contributed by atoms with Gasteiger partial charge in [0.25, 0.3) is 0 Å². The average Bonchev–Trinajstić information content (AvgIpc) is 2.62. The van der Waals surface area contributed by atoms with Crippen LogP contribution in [0.3, 0.4) is 0 Å². The Hall–Kier alpha value is 0.930.